The second kappa shape index (κ2) is 6.24. The van der Waals surface area contributed by atoms with Crippen LogP contribution in [0.25, 0.3) is 0 Å². The Balaban J connectivity index is 1.93. The van der Waals surface area contributed by atoms with Crippen LogP contribution < -0.4 is 10.6 Å². The predicted molar refractivity (Wildman–Crippen MR) is 78.9 cm³/mol. The highest BCUT2D eigenvalue weighted by molar-refractivity contribution is 5.46. The third-order valence-electron chi connectivity index (χ3n) is 4.15. The van der Waals surface area contributed by atoms with E-state index in [0.29, 0.717) is 0 Å². The molecule has 0 saturated heterocycles. The molecular formula is C16H26N2. The summed E-state index contributed by atoms with van der Waals surface area (Å²) >= 11 is 0. The summed E-state index contributed by atoms with van der Waals surface area (Å²) in [4.78, 5) is 2.12. The molecule has 0 heterocycles. The van der Waals surface area contributed by atoms with Crippen LogP contribution in [0.1, 0.15) is 50.1 Å². The van der Waals surface area contributed by atoms with Gasteiger partial charge in [-0.3, -0.25) is 0 Å². The first-order valence-electron chi connectivity index (χ1n) is 7.19. The molecule has 1 aliphatic rings. The Hall–Kier alpha value is -1.02. The van der Waals surface area contributed by atoms with E-state index in [0.717, 1.165) is 12.3 Å². The number of rotatable bonds is 4. The molecule has 1 aliphatic carbocycles. The highest BCUT2D eigenvalue weighted by Gasteiger charge is 2.17. The Morgan fingerprint density at radius 2 is 1.72 bits per heavy atom. The fraction of sp³-hybridized carbons (Fsp3) is 0.625. The van der Waals surface area contributed by atoms with Crippen LogP contribution in [0.5, 0.6) is 0 Å². The lowest BCUT2D eigenvalue weighted by Crippen LogP contribution is -2.17. The molecule has 0 aromatic heterocycles. The van der Waals surface area contributed by atoms with Crippen LogP contribution in [0, 0.1) is 5.92 Å². The van der Waals surface area contributed by atoms with E-state index >= 15 is 0 Å². The molecule has 1 unspecified atom stereocenters. The summed E-state index contributed by atoms with van der Waals surface area (Å²) in [6.45, 7) is 0. The van der Waals surface area contributed by atoms with Gasteiger partial charge < -0.3 is 10.6 Å². The van der Waals surface area contributed by atoms with Gasteiger partial charge in [0.2, 0.25) is 0 Å². The van der Waals surface area contributed by atoms with Crippen molar-refractivity contribution >= 4 is 5.69 Å². The van der Waals surface area contributed by atoms with Gasteiger partial charge in [-0.15, -0.1) is 0 Å². The molecule has 1 aromatic rings. The molecule has 2 heteroatoms. The van der Waals surface area contributed by atoms with Crippen LogP contribution in [0.2, 0.25) is 0 Å². The molecule has 0 radical (unpaired) electrons. The van der Waals surface area contributed by atoms with Crippen molar-refractivity contribution in [2.24, 2.45) is 11.7 Å². The summed E-state index contributed by atoms with van der Waals surface area (Å²) in [6.07, 6.45) is 8.13. The van der Waals surface area contributed by atoms with Crippen molar-refractivity contribution in [3.63, 3.8) is 0 Å². The van der Waals surface area contributed by atoms with Crippen molar-refractivity contribution in [3.8, 4) is 0 Å². The zero-order valence-corrected chi connectivity index (χ0v) is 11.7. The first-order valence-corrected chi connectivity index (χ1v) is 7.19. The van der Waals surface area contributed by atoms with Gasteiger partial charge in [-0.2, -0.15) is 0 Å². The molecule has 0 aliphatic heterocycles. The van der Waals surface area contributed by atoms with Gasteiger partial charge in [0.25, 0.3) is 0 Å². The van der Waals surface area contributed by atoms with Gasteiger partial charge in [0, 0.05) is 25.8 Å². The van der Waals surface area contributed by atoms with Gasteiger partial charge in [-0.25, -0.2) is 0 Å². The Morgan fingerprint density at radius 1 is 1.11 bits per heavy atom. The highest BCUT2D eigenvalue weighted by atomic mass is 15.1. The van der Waals surface area contributed by atoms with Crippen LogP contribution in [-0.2, 0) is 0 Å². The fourth-order valence-corrected chi connectivity index (χ4v) is 2.94. The van der Waals surface area contributed by atoms with Gasteiger partial charge in [-0.05, 0) is 30.0 Å². The monoisotopic (exact) mass is 246 g/mol. The summed E-state index contributed by atoms with van der Waals surface area (Å²) in [5.74, 6) is 0.849. The van der Waals surface area contributed by atoms with Crippen LogP contribution >= 0.6 is 0 Å². The summed E-state index contributed by atoms with van der Waals surface area (Å²) in [6, 6.07) is 8.90. The lowest BCUT2D eigenvalue weighted by Gasteiger charge is -2.25. The Labute approximate surface area is 111 Å². The molecule has 2 rings (SSSR count). The van der Waals surface area contributed by atoms with Crippen molar-refractivity contribution in [2.75, 3.05) is 19.0 Å². The number of hydrogen-bond acceptors (Lipinski definition) is 2. The number of benzene rings is 1. The summed E-state index contributed by atoms with van der Waals surface area (Å²) in [5, 5.41) is 0. The topological polar surface area (TPSA) is 29.3 Å². The zero-order chi connectivity index (χ0) is 13.0. The average molecular weight is 246 g/mol. The number of nitrogens with zero attached hydrogens (tertiary/aromatic N) is 1. The average Bonchev–Trinajstić information content (AvgIpc) is 2.40. The first-order chi connectivity index (χ1) is 8.66. The van der Waals surface area contributed by atoms with Crippen molar-refractivity contribution in [1.29, 1.82) is 0 Å². The molecule has 18 heavy (non-hydrogen) atoms. The fourth-order valence-electron chi connectivity index (χ4n) is 2.94. The van der Waals surface area contributed by atoms with Gasteiger partial charge in [0.05, 0.1) is 0 Å². The van der Waals surface area contributed by atoms with E-state index in [-0.39, 0.29) is 6.04 Å². The largest absolute Gasteiger partial charge is 0.378 e. The predicted octanol–water partition coefficient (Wildman–Crippen LogP) is 3.72. The molecule has 100 valence electrons. The molecular weight excluding hydrogens is 220 g/mol. The van der Waals surface area contributed by atoms with E-state index in [2.05, 4.69) is 43.3 Å². The minimum atomic E-state index is 0.212. The third kappa shape index (κ3) is 3.49. The van der Waals surface area contributed by atoms with Crippen LogP contribution in [0.15, 0.2) is 24.3 Å². The van der Waals surface area contributed by atoms with Crippen LogP contribution in [0.3, 0.4) is 0 Å². The molecule has 2 N–H and O–H groups in total. The minimum Gasteiger partial charge on any atom is -0.378 e. The normalized spacial score (nSPS) is 18.6. The Bertz CT molecular complexity index is 350. The second-order valence-electron chi connectivity index (χ2n) is 5.83. The lowest BCUT2D eigenvalue weighted by atomic mass is 9.83. The second-order valence-corrected chi connectivity index (χ2v) is 5.83. The molecule has 1 atom stereocenters. The summed E-state index contributed by atoms with van der Waals surface area (Å²) in [5.41, 5.74) is 8.86. The molecule has 0 spiro atoms. The highest BCUT2D eigenvalue weighted by Crippen LogP contribution is 2.31. The summed E-state index contributed by atoms with van der Waals surface area (Å²) < 4.78 is 0. The molecule has 2 nitrogen and oxygen atoms in total. The van der Waals surface area contributed by atoms with Crippen LogP contribution in [0.4, 0.5) is 5.69 Å². The van der Waals surface area contributed by atoms with Crippen molar-refractivity contribution in [1.82, 2.24) is 0 Å². The zero-order valence-electron chi connectivity index (χ0n) is 11.7. The van der Waals surface area contributed by atoms with Crippen LogP contribution in [-0.4, -0.2) is 14.1 Å². The quantitative estimate of drug-likeness (QED) is 0.877. The maximum Gasteiger partial charge on any atom is 0.0361 e. The molecule has 1 saturated carbocycles. The SMILES string of the molecule is CN(C)c1ccc(C(N)CC2CCCCC2)cc1. The van der Waals surface area contributed by atoms with E-state index in [1.165, 1.54) is 43.4 Å². The van der Waals surface area contributed by atoms with Crippen molar-refractivity contribution in [2.45, 2.75) is 44.6 Å². The molecule has 0 amide bonds. The van der Waals surface area contributed by atoms with Gasteiger partial charge in [0.1, 0.15) is 0 Å². The third-order valence-corrected chi connectivity index (χ3v) is 4.15. The van der Waals surface area contributed by atoms with Gasteiger partial charge in [-0.1, -0.05) is 44.2 Å². The minimum absolute atomic E-state index is 0.212. The van der Waals surface area contributed by atoms with Gasteiger partial charge in [0.15, 0.2) is 0 Å². The van der Waals surface area contributed by atoms with Crippen molar-refractivity contribution < 1.29 is 0 Å². The Morgan fingerprint density at radius 3 is 2.28 bits per heavy atom. The van der Waals surface area contributed by atoms with E-state index in [1.807, 2.05) is 0 Å². The Kier molecular flexibility index (Phi) is 4.65. The standard InChI is InChI=1S/C16H26N2/c1-18(2)15-10-8-14(9-11-15)16(17)12-13-6-4-3-5-7-13/h8-11,13,16H,3-7,12,17H2,1-2H3. The van der Waals surface area contributed by atoms with E-state index in [4.69, 9.17) is 5.73 Å². The number of hydrogen-bond donors (Lipinski definition) is 1. The van der Waals surface area contributed by atoms with E-state index < -0.39 is 0 Å². The smallest absolute Gasteiger partial charge is 0.0361 e. The van der Waals surface area contributed by atoms with Gasteiger partial charge >= 0.3 is 0 Å². The number of anilines is 1. The van der Waals surface area contributed by atoms with E-state index in [9.17, 15) is 0 Å². The van der Waals surface area contributed by atoms with E-state index in [1.54, 1.807) is 0 Å². The first kappa shape index (κ1) is 13.4. The lowest BCUT2D eigenvalue weighted by molar-refractivity contribution is 0.319. The number of nitrogens with two attached hydrogens (primary N) is 1. The summed E-state index contributed by atoms with van der Waals surface area (Å²) in [7, 11) is 4.13. The molecule has 1 fully saturated rings. The molecule has 1 aromatic carbocycles. The maximum atomic E-state index is 6.34. The van der Waals surface area contributed by atoms with Crippen molar-refractivity contribution in [3.05, 3.63) is 29.8 Å². The maximum absolute atomic E-state index is 6.34. The molecule has 0 bridgehead atoms.